The molecule has 3 atom stereocenters. The fourth-order valence-electron chi connectivity index (χ4n) is 5.25. The number of urea groups is 2. The molecule has 0 bridgehead atoms. The number of rotatable bonds is 34. The third kappa shape index (κ3) is 33.8. The third-order valence-corrected chi connectivity index (χ3v) is 8.11. The molecule has 0 radical (unpaired) electrons. The van der Waals surface area contributed by atoms with Gasteiger partial charge >= 0.3 is 12.1 Å². The lowest BCUT2D eigenvalue weighted by atomic mass is 10.1. The van der Waals surface area contributed by atoms with E-state index < -0.39 is 0 Å². The van der Waals surface area contributed by atoms with Gasteiger partial charge in [-0.2, -0.15) is 0 Å². The van der Waals surface area contributed by atoms with E-state index in [-0.39, 0.29) is 30.2 Å². The van der Waals surface area contributed by atoms with Crippen molar-refractivity contribution in [1.82, 2.24) is 21.3 Å². The molecule has 9 heteroatoms. The predicted molar refractivity (Wildman–Crippen MR) is 193 cm³/mol. The fourth-order valence-corrected chi connectivity index (χ4v) is 5.25. The molecule has 0 saturated heterocycles. The summed E-state index contributed by atoms with van der Waals surface area (Å²) in [7, 11) is 0. The minimum absolute atomic E-state index is 0.0731. The molecule has 0 fully saturated rings. The lowest BCUT2D eigenvalue weighted by Gasteiger charge is -2.19. The Morgan fingerprint density at radius 3 is 1.24 bits per heavy atom. The Bertz CT molecular complexity index is 670. The van der Waals surface area contributed by atoms with E-state index in [1.54, 1.807) is 0 Å². The van der Waals surface area contributed by atoms with Crippen molar-refractivity contribution in [2.45, 2.75) is 181 Å². The van der Waals surface area contributed by atoms with Crippen LogP contribution in [0.2, 0.25) is 0 Å². The molecule has 46 heavy (non-hydrogen) atoms. The SMILES string of the molecule is CCCCCCCCCCCCNC(=O)NC(C)COCCOCC(C)OCC(C)NC(=O)NCCCCCCCCCCCC. The summed E-state index contributed by atoms with van der Waals surface area (Å²) in [4.78, 5) is 24.2. The molecule has 9 nitrogen and oxygen atoms in total. The Morgan fingerprint density at radius 1 is 0.478 bits per heavy atom. The maximum atomic E-state index is 12.1. The Morgan fingerprint density at radius 2 is 0.826 bits per heavy atom. The molecular weight excluding hydrogens is 580 g/mol. The van der Waals surface area contributed by atoms with E-state index in [9.17, 15) is 9.59 Å². The lowest BCUT2D eigenvalue weighted by molar-refractivity contribution is -0.0281. The van der Waals surface area contributed by atoms with Crippen LogP contribution in [0.5, 0.6) is 0 Å². The summed E-state index contributed by atoms with van der Waals surface area (Å²) in [6.07, 6.45) is 25.7. The first-order valence-electron chi connectivity index (χ1n) is 19.2. The van der Waals surface area contributed by atoms with Crippen LogP contribution < -0.4 is 21.3 Å². The number of nitrogens with one attached hydrogen (secondary N) is 4. The van der Waals surface area contributed by atoms with Crippen LogP contribution in [-0.2, 0) is 14.2 Å². The number of amides is 4. The first-order valence-corrected chi connectivity index (χ1v) is 19.2. The number of ether oxygens (including phenoxy) is 3. The smallest absolute Gasteiger partial charge is 0.315 e. The highest BCUT2D eigenvalue weighted by Gasteiger charge is 2.10. The Hall–Kier alpha value is -1.58. The van der Waals surface area contributed by atoms with Crippen molar-refractivity contribution in [2.75, 3.05) is 46.1 Å². The molecular formula is C37H76N4O5. The van der Waals surface area contributed by atoms with E-state index >= 15 is 0 Å². The normalized spacial score (nSPS) is 13.2. The van der Waals surface area contributed by atoms with Crippen molar-refractivity contribution in [2.24, 2.45) is 0 Å². The molecule has 0 aromatic heterocycles. The minimum atomic E-state index is -0.136. The lowest BCUT2D eigenvalue weighted by Crippen LogP contribution is -2.43. The number of hydrogen-bond acceptors (Lipinski definition) is 5. The summed E-state index contributed by atoms with van der Waals surface area (Å²) >= 11 is 0. The molecule has 4 N–H and O–H groups in total. The zero-order valence-corrected chi connectivity index (χ0v) is 30.9. The van der Waals surface area contributed by atoms with Gasteiger partial charge in [-0.05, 0) is 33.6 Å². The number of unbranched alkanes of at least 4 members (excludes halogenated alkanes) is 18. The van der Waals surface area contributed by atoms with Crippen LogP contribution in [0.25, 0.3) is 0 Å². The second-order valence-corrected chi connectivity index (χ2v) is 13.3. The van der Waals surface area contributed by atoms with E-state index in [1.165, 1.54) is 116 Å². The molecule has 0 saturated carbocycles. The predicted octanol–water partition coefficient (Wildman–Crippen LogP) is 8.64. The standard InChI is InChI=1S/C37H76N4O5/c1-6-8-10-12-14-16-18-20-22-24-26-38-36(42)40-33(3)30-44-28-29-45-32-35(5)46-31-34(4)41-37(43)39-27-25-23-21-19-17-15-13-11-9-7-2/h33-35H,6-32H2,1-5H3,(H2,38,40,42)(H2,39,41,43). The van der Waals surface area contributed by atoms with Crippen molar-refractivity contribution in [3.05, 3.63) is 0 Å². The summed E-state index contributed by atoms with van der Waals surface area (Å²) in [5.41, 5.74) is 0. The van der Waals surface area contributed by atoms with Crippen molar-refractivity contribution < 1.29 is 23.8 Å². The van der Waals surface area contributed by atoms with Crippen LogP contribution in [0.4, 0.5) is 9.59 Å². The van der Waals surface area contributed by atoms with Crippen molar-refractivity contribution in [3.63, 3.8) is 0 Å². The summed E-state index contributed by atoms with van der Waals surface area (Å²) in [5, 5.41) is 11.8. The molecule has 0 aromatic carbocycles. The van der Waals surface area contributed by atoms with Crippen LogP contribution in [0.15, 0.2) is 0 Å². The second-order valence-electron chi connectivity index (χ2n) is 13.3. The van der Waals surface area contributed by atoms with Gasteiger partial charge in [-0.15, -0.1) is 0 Å². The van der Waals surface area contributed by atoms with E-state index in [0.717, 1.165) is 12.8 Å². The van der Waals surface area contributed by atoms with E-state index in [2.05, 4.69) is 35.1 Å². The van der Waals surface area contributed by atoms with E-state index in [0.29, 0.717) is 46.1 Å². The number of carbonyl (C=O) groups is 2. The molecule has 0 heterocycles. The van der Waals surface area contributed by atoms with Gasteiger partial charge in [0, 0.05) is 13.1 Å². The molecule has 0 aliphatic carbocycles. The summed E-state index contributed by atoms with van der Waals surface area (Å²) in [5.74, 6) is 0. The van der Waals surface area contributed by atoms with E-state index in [1.807, 2.05) is 20.8 Å². The van der Waals surface area contributed by atoms with Crippen LogP contribution in [0.1, 0.15) is 163 Å². The van der Waals surface area contributed by atoms with Crippen molar-refractivity contribution in [1.29, 1.82) is 0 Å². The molecule has 274 valence electrons. The van der Waals surface area contributed by atoms with Gasteiger partial charge in [0.25, 0.3) is 0 Å². The van der Waals surface area contributed by atoms with Crippen molar-refractivity contribution in [3.8, 4) is 0 Å². The van der Waals surface area contributed by atoms with Crippen LogP contribution >= 0.6 is 0 Å². The first-order chi connectivity index (χ1) is 22.4. The fraction of sp³-hybridized carbons (Fsp3) is 0.946. The Kier molecular flexibility index (Phi) is 33.6. The maximum Gasteiger partial charge on any atom is 0.315 e. The topological polar surface area (TPSA) is 110 Å². The van der Waals surface area contributed by atoms with Gasteiger partial charge < -0.3 is 35.5 Å². The average Bonchev–Trinajstić information content (AvgIpc) is 3.03. The first kappa shape index (κ1) is 44.4. The molecule has 0 rings (SSSR count). The molecule has 0 aliphatic rings. The molecule has 0 aliphatic heterocycles. The van der Waals surface area contributed by atoms with Gasteiger partial charge in [0.1, 0.15) is 0 Å². The highest BCUT2D eigenvalue weighted by atomic mass is 16.5. The highest BCUT2D eigenvalue weighted by Crippen LogP contribution is 2.11. The quantitative estimate of drug-likeness (QED) is 0.0519. The number of carbonyl (C=O) groups excluding carboxylic acids is 2. The zero-order valence-electron chi connectivity index (χ0n) is 30.9. The Balaban J connectivity index is 3.55. The number of hydrogen-bond donors (Lipinski definition) is 4. The van der Waals surface area contributed by atoms with Gasteiger partial charge in [0.15, 0.2) is 0 Å². The average molecular weight is 657 g/mol. The summed E-state index contributed by atoms with van der Waals surface area (Å²) < 4.78 is 17.1. The maximum absolute atomic E-state index is 12.1. The van der Waals surface area contributed by atoms with Crippen LogP contribution in [0, 0.1) is 0 Å². The monoisotopic (exact) mass is 657 g/mol. The van der Waals surface area contributed by atoms with Gasteiger partial charge in [-0.3, -0.25) is 0 Å². The zero-order chi connectivity index (χ0) is 33.9. The van der Waals surface area contributed by atoms with Gasteiger partial charge in [-0.1, -0.05) is 129 Å². The molecule has 3 unspecified atom stereocenters. The molecule has 0 spiro atoms. The minimum Gasteiger partial charge on any atom is -0.377 e. The molecule has 0 aromatic rings. The second kappa shape index (κ2) is 34.7. The van der Waals surface area contributed by atoms with E-state index in [4.69, 9.17) is 14.2 Å². The highest BCUT2D eigenvalue weighted by molar-refractivity contribution is 5.74. The summed E-state index contributed by atoms with van der Waals surface area (Å²) in [6.45, 7) is 14.0. The van der Waals surface area contributed by atoms with Gasteiger partial charge in [0.05, 0.1) is 51.2 Å². The molecule has 4 amide bonds. The Labute approximate surface area is 284 Å². The van der Waals surface area contributed by atoms with Crippen LogP contribution in [-0.4, -0.2) is 76.4 Å². The largest absolute Gasteiger partial charge is 0.377 e. The summed E-state index contributed by atoms with van der Waals surface area (Å²) in [6, 6.07) is -0.427. The van der Waals surface area contributed by atoms with Crippen LogP contribution in [0.3, 0.4) is 0 Å². The third-order valence-electron chi connectivity index (χ3n) is 8.11. The van der Waals surface area contributed by atoms with Gasteiger partial charge in [-0.25, -0.2) is 9.59 Å². The van der Waals surface area contributed by atoms with Gasteiger partial charge in [0.2, 0.25) is 0 Å². The van der Waals surface area contributed by atoms with Crippen molar-refractivity contribution >= 4 is 12.1 Å².